The summed E-state index contributed by atoms with van der Waals surface area (Å²) in [5.74, 6) is -0.735. The fraction of sp³-hybridized carbons (Fsp3) is 0.316. The van der Waals surface area contributed by atoms with Crippen molar-refractivity contribution in [2.45, 2.75) is 35.4 Å². The van der Waals surface area contributed by atoms with E-state index in [2.05, 4.69) is 0 Å². The van der Waals surface area contributed by atoms with Crippen molar-refractivity contribution in [2.24, 2.45) is 5.73 Å². The highest BCUT2D eigenvalue weighted by molar-refractivity contribution is 8.93. The van der Waals surface area contributed by atoms with Crippen LogP contribution in [0.3, 0.4) is 0 Å². The molecule has 0 spiro atoms. The van der Waals surface area contributed by atoms with Gasteiger partial charge in [0, 0.05) is 9.79 Å². The number of carbonyl (C=O) groups is 1. The van der Waals surface area contributed by atoms with E-state index in [-0.39, 0.29) is 34.9 Å². The van der Waals surface area contributed by atoms with Gasteiger partial charge in [-0.05, 0) is 67.5 Å². The molecular formula is C19H25BrNO7PS2. The molecule has 0 aromatic heterocycles. The summed E-state index contributed by atoms with van der Waals surface area (Å²) in [6.45, 7) is 1.81. The molecule has 0 heterocycles. The number of rotatable bonds is 12. The van der Waals surface area contributed by atoms with Crippen molar-refractivity contribution >= 4 is 54.2 Å². The van der Waals surface area contributed by atoms with Crippen molar-refractivity contribution in [3.8, 4) is 11.5 Å². The van der Waals surface area contributed by atoms with Crippen LogP contribution in [0.5, 0.6) is 11.5 Å². The van der Waals surface area contributed by atoms with Gasteiger partial charge in [0.2, 0.25) is 5.85 Å². The van der Waals surface area contributed by atoms with E-state index in [4.69, 9.17) is 29.6 Å². The molecule has 0 saturated heterocycles. The number of hydrogen-bond donors (Lipinski definition) is 1. The molecule has 172 valence electrons. The Morgan fingerprint density at radius 1 is 0.935 bits per heavy atom. The fourth-order valence-electron chi connectivity index (χ4n) is 2.22. The average molecular weight is 554 g/mol. The number of primary amides is 1. The van der Waals surface area contributed by atoms with Crippen LogP contribution in [-0.2, 0) is 18.7 Å². The second-order valence-corrected chi connectivity index (χ2v) is 9.60. The van der Waals surface area contributed by atoms with Crippen molar-refractivity contribution in [3.05, 3.63) is 48.5 Å². The second kappa shape index (κ2) is 13.9. The van der Waals surface area contributed by atoms with Gasteiger partial charge in [-0.1, -0.05) is 22.7 Å². The third-order valence-electron chi connectivity index (χ3n) is 3.73. The Balaban J connectivity index is 0.00000480. The van der Waals surface area contributed by atoms with E-state index in [1.165, 1.54) is 0 Å². The summed E-state index contributed by atoms with van der Waals surface area (Å²) < 4.78 is 28.6. The van der Waals surface area contributed by atoms with Crippen LogP contribution < -0.4 is 15.5 Å². The van der Waals surface area contributed by atoms with Gasteiger partial charge >= 0.3 is 13.7 Å². The number of nitrogens with two attached hydrogens (primary N) is 1. The maximum Gasteiger partial charge on any atom is 0.443 e. The van der Waals surface area contributed by atoms with Crippen molar-refractivity contribution in [1.82, 2.24) is 0 Å². The average Bonchev–Trinajstić information content (AvgIpc) is 2.76. The van der Waals surface area contributed by atoms with Crippen LogP contribution in [0.15, 0.2) is 58.3 Å². The highest BCUT2D eigenvalue weighted by atomic mass is 79.9. The number of benzene rings is 2. The van der Waals surface area contributed by atoms with E-state index in [1.807, 2.05) is 43.7 Å². The standard InChI is InChI=1S/C19H24NO7PS2.BrH/c1-4-5-18(23-19(20)21)28(22,26-24-14-6-10-16(29-2)11-7-14)27-25-15-8-12-17(30-3)13-9-15;/h6-13,18H,4-5H2,1-3H3,(H2,20,21);1H. The summed E-state index contributed by atoms with van der Waals surface area (Å²) >= 11 is 3.12. The molecule has 0 bridgehead atoms. The third kappa shape index (κ3) is 8.96. The molecule has 31 heavy (non-hydrogen) atoms. The van der Waals surface area contributed by atoms with E-state index >= 15 is 0 Å². The predicted octanol–water partition coefficient (Wildman–Crippen LogP) is 6.44. The second-order valence-electron chi connectivity index (χ2n) is 5.89. The number of hydrogen-bond acceptors (Lipinski definition) is 9. The van der Waals surface area contributed by atoms with Crippen LogP contribution in [0.25, 0.3) is 0 Å². The molecule has 2 aromatic rings. The highest BCUT2D eigenvalue weighted by Gasteiger charge is 2.43. The van der Waals surface area contributed by atoms with E-state index in [0.29, 0.717) is 6.42 Å². The number of halogens is 1. The first kappa shape index (κ1) is 27.7. The highest BCUT2D eigenvalue weighted by Crippen LogP contribution is 2.55. The first-order valence-electron chi connectivity index (χ1n) is 8.96. The molecule has 0 aliphatic carbocycles. The van der Waals surface area contributed by atoms with Crippen LogP contribution in [0.4, 0.5) is 4.79 Å². The molecule has 2 rings (SSSR count). The van der Waals surface area contributed by atoms with E-state index in [9.17, 15) is 9.36 Å². The summed E-state index contributed by atoms with van der Waals surface area (Å²) in [5.41, 5.74) is 5.12. The molecule has 2 aromatic carbocycles. The van der Waals surface area contributed by atoms with Gasteiger partial charge in [0.05, 0.1) is 0 Å². The Bertz CT molecular complexity index is 800. The zero-order valence-corrected chi connectivity index (χ0v) is 21.5. The van der Waals surface area contributed by atoms with Crippen LogP contribution in [-0.4, -0.2) is 24.4 Å². The van der Waals surface area contributed by atoms with Gasteiger partial charge in [0.15, 0.2) is 11.5 Å². The quantitative estimate of drug-likeness (QED) is 0.137. The van der Waals surface area contributed by atoms with Gasteiger partial charge in [0.1, 0.15) is 0 Å². The van der Waals surface area contributed by atoms with Gasteiger partial charge in [0.25, 0.3) is 0 Å². The lowest BCUT2D eigenvalue weighted by Crippen LogP contribution is -2.25. The normalized spacial score (nSPS) is 11.8. The minimum Gasteiger partial charge on any atom is -0.433 e. The van der Waals surface area contributed by atoms with Crippen molar-refractivity contribution < 1.29 is 33.2 Å². The third-order valence-corrected chi connectivity index (χ3v) is 6.85. The molecule has 1 atom stereocenters. The molecule has 0 radical (unpaired) electrons. The van der Waals surface area contributed by atoms with E-state index < -0.39 is 19.5 Å². The summed E-state index contributed by atoms with van der Waals surface area (Å²) in [6, 6.07) is 13.8. The lowest BCUT2D eigenvalue weighted by Gasteiger charge is -2.23. The van der Waals surface area contributed by atoms with Crippen molar-refractivity contribution in [2.75, 3.05) is 12.5 Å². The topological polar surface area (TPSA) is 106 Å². The van der Waals surface area contributed by atoms with E-state index in [1.54, 1.807) is 47.8 Å². The number of amides is 1. The molecule has 0 fully saturated rings. The molecule has 12 heteroatoms. The molecular weight excluding hydrogens is 529 g/mol. The number of carbonyl (C=O) groups excluding carboxylic acids is 1. The molecule has 1 unspecified atom stereocenters. The monoisotopic (exact) mass is 553 g/mol. The zero-order valence-electron chi connectivity index (χ0n) is 17.2. The lowest BCUT2D eigenvalue weighted by atomic mass is 10.3. The maximum absolute atomic E-state index is 13.4. The molecule has 8 nitrogen and oxygen atoms in total. The minimum atomic E-state index is -4.25. The first-order valence-corrected chi connectivity index (χ1v) is 13.0. The predicted molar refractivity (Wildman–Crippen MR) is 127 cm³/mol. The summed E-state index contributed by atoms with van der Waals surface area (Å²) in [5, 5.41) is 0. The summed E-state index contributed by atoms with van der Waals surface area (Å²) in [6.07, 6.45) is 3.43. The Labute approximate surface area is 200 Å². The Hall–Kier alpha value is -1.36. The van der Waals surface area contributed by atoms with Crippen molar-refractivity contribution in [3.63, 3.8) is 0 Å². The van der Waals surface area contributed by atoms with Crippen LogP contribution in [0.2, 0.25) is 0 Å². The largest absolute Gasteiger partial charge is 0.443 e. The van der Waals surface area contributed by atoms with Crippen LogP contribution in [0.1, 0.15) is 19.8 Å². The van der Waals surface area contributed by atoms with Crippen LogP contribution >= 0.6 is 48.1 Å². The Morgan fingerprint density at radius 3 is 1.68 bits per heavy atom. The first-order chi connectivity index (χ1) is 14.4. The zero-order chi connectivity index (χ0) is 22.0. The molecule has 1 amide bonds. The molecule has 2 N–H and O–H groups in total. The maximum atomic E-state index is 13.4. The van der Waals surface area contributed by atoms with E-state index in [0.717, 1.165) is 9.79 Å². The number of thioether (sulfide) groups is 2. The van der Waals surface area contributed by atoms with Crippen molar-refractivity contribution in [1.29, 1.82) is 0 Å². The Kier molecular flexibility index (Phi) is 12.4. The molecule has 0 saturated carbocycles. The van der Waals surface area contributed by atoms with Gasteiger partial charge in [-0.2, -0.15) is 0 Å². The fourth-order valence-corrected chi connectivity index (χ4v) is 4.44. The van der Waals surface area contributed by atoms with Gasteiger partial charge in [-0.3, -0.25) is 0 Å². The number of ether oxygens (including phenoxy) is 1. The summed E-state index contributed by atoms with van der Waals surface area (Å²) in [4.78, 5) is 23.7. The van der Waals surface area contributed by atoms with Gasteiger partial charge in [-0.25, -0.2) is 9.36 Å². The summed E-state index contributed by atoms with van der Waals surface area (Å²) in [7, 11) is -4.25. The van der Waals surface area contributed by atoms with Crippen LogP contribution in [0, 0.1) is 0 Å². The minimum absolute atomic E-state index is 0. The Morgan fingerprint density at radius 2 is 1.35 bits per heavy atom. The van der Waals surface area contributed by atoms with Gasteiger partial charge < -0.3 is 20.2 Å². The lowest BCUT2D eigenvalue weighted by molar-refractivity contribution is -0.178. The van der Waals surface area contributed by atoms with Gasteiger partial charge in [-0.15, -0.1) is 40.5 Å². The molecule has 0 aliphatic rings. The molecule has 0 aliphatic heterocycles. The SMILES string of the molecule is Br.CCCC(OC(N)=O)P(=O)(OOc1ccc(SC)cc1)OOc1ccc(SC)cc1. The smallest absolute Gasteiger partial charge is 0.433 e.